The molecular weight excluding hydrogens is 242 g/mol. The first kappa shape index (κ1) is 15.8. The molecule has 4 nitrogen and oxygen atoms in total. The molecule has 0 radical (unpaired) electrons. The summed E-state index contributed by atoms with van der Waals surface area (Å²) in [5.74, 6) is 1.67. The Morgan fingerprint density at radius 1 is 1.26 bits per heavy atom. The van der Waals surface area contributed by atoms with Crippen LogP contribution in [-0.2, 0) is 11.2 Å². The van der Waals surface area contributed by atoms with Gasteiger partial charge in [-0.2, -0.15) is 0 Å². The van der Waals surface area contributed by atoms with E-state index >= 15 is 0 Å². The molecule has 19 heavy (non-hydrogen) atoms. The quantitative estimate of drug-likeness (QED) is 0.746. The average Bonchev–Trinajstić information content (AvgIpc) is 2.44. The first-order chi connectivity index (χ1) is 9.21. The summed E-state index contributed by atoms with van der Waals surface area (Å²) in [6, 6.07) is 5.92. The van der Waals surface area contributed by atoms with E-state index in [0.29, 0.717) is 19.8 Å². The van der Waals surface area contributed by atoms with Crippen LogP contribution in [0, 0.1) is 0 Å². The van der Waals surface area contributed by atoms with Gasteiger partial charge in [-0.1, -0.05) is 13.0 Å². The molecule has 0 aliphatic heterocycles. The van der Waals surface area contributed by atoms with Gasteiger partial charge in [0.25, 0.3) is 0 Å². The van der Waals surface area contributed by atoms with Crippen LogP contribution >= 0.6 is 0 Å². The summed E-state index contributed by atoms with van der Waals surface area (Å²) in [5, 5.41) is 0. The van der Waals surface area contributed by atoms with Crippen LogP contribution in [0.25, 0.3) is 0 Å². The molecule has 0 fully saturated rings. The average molecular weight is 267 g/mol. The molecule has 0 amide bonds. The highest BCUT2D eigenvalue weighted by molar-refractivity contribution is 5.41. The van der Waals surface area contributed by atoms with Crippen molar-refractivity contribution >= 4 is 0 Å². The van der Waals surface area contributed by atoms with Crippen LogP contribution in [0.4, 0.5) is 0 Å². The van der Waals surface area contributed by atoms with Gasteiger partial charge in [-0.15, -0.1) is 0 Å². The Morgan fingerprint density at radius 2 is 2.05 bits per heavy atom. The number of rotatable bonds is 9. The largest absolute Gasteiger partial charge is 0.493 e. The predicted molar refractivity (Wildman–Crippen MR) is 77.0 cm³/mol. The van der Waals surface area contributed by atoms with Crippen molar-refractivity contribution in [1.82, 2.24) is 0 Å². The molecule has 0 bridgehead atoms. The second-order valence-electron chi connectivity index (χ2n) is 4.51. The Kier molecular flexibility index (Phi) is 7.30. The van der Waals surface area contributed by atoms with Crippen LogP contribution in [0.1, 0.15) is 25.8 Å². The van der Waals surface area contributed by atoms with Crippen molar-refractivity contribution in [2.75, 3.05) is 26.9 Å². The molecule has 0 saturated heterocycles. The van der Waals surface area contributed by atoms with E-state index in [0.717, 1.165) is 29.9 Å². The first-order valence-corrected chi connectivity index (χ1v) is 6.82. The van der Waals surface area contributed by atoms with Gasteiger partial charge in [0.2, 0.25) is 0 Å². The normalized spacial score (nSPS) is 12.2. The van der Waals surface area contributed by atoms with E-state index in [9.17, 15) is 0 Å². The maximum absolute atomic E-state index is 5.80. The lowest BCUT2D eigenvalue weighted by molar-refractivity contribution is 0.0712. The van der Waals surface area contributed by atoms with Gasteiger partial charge in [-0.25, -0.2) is 0 Å². The maximum atomic E-state index is 5.80. The van der Waals surface area contributed by atoms with E-state index in [1.807, 2.05) is 25.1 Å². The van der Waals surface area contributed by atoms with Gasteiger partial charge in [-0.3, -0.25) is 0 Å². The van der Waals surface area contributed by atoms with E-state index in [4.69, 9.17) is 19.9 Å². The van der Waals surface area contributed by atoms with Crippen molar-refractivity contribution in [2.24, 2.45) is 5.73 Å². The fourth-order valence-corrected chi connectivity index (χ4v) is 1.62. The Labute approximate surface area is 115 Å². The molecule has 1 unspecified atom stereocenters. The third-order valence-corrected chi connectivity index (χ3v) is 2.80. The van der Waals surface area contributed by atoms with Gasteiger partial charge < -0.3 is 19.9 Å². The van der Waals surface area contributed by atoms with Crippen molar-refractivity contribution in [1.29, 1.82) is 0 Å². The van der Waals surface area contributed by atoms with Gasteiger partial charge in [0.15, 0.2) is 0 Å². The number of hydrogen-bond acceptors (Lipinski definition) is 4. The Hall–Kier alpha value is -1.26. The number of benzene rings is 1. The molecule has 4 heteroatoms. The standard InChI is InChI=1S/C15H25NO3/c1-4-9-18-14-6-5-13(7-8-16)15(10-14)19-11-12(2)17-3/h5-6,10,12H,4,7-9,11,16H2,1-3H3. The summed E-state index contributed by atoms with van der Waals surface area (Å²) in [6.07, 6.45) is 1.84. The zero-order valence-electron chi connectivity index (χ0n) is 12.1. The zero-order chi connectivity index (χ0) is 14.1. The van der Waals surface area contributed by atoms with Crippen molar-refractivity contribution in [3.8, 4) is 11.5 Å². The van der Waals surface area contributed by atoms with Crippen molar-refractivity contribution < 1.29 is 14.2 Å². The van der Waals surface area contributed by atoms with Crippen molar-refractivity contribution in [2.45, 2.75) is 32.8 Å². The molecule has 1 rings (SSSR count). The molecule has 108 valence electrons. The minimum Gasteiger partial charge on any atom is -0.493 e. The minimum absolute atomic E-state index is 0.0611. The second kappa shape index (κ2) is 8.77. The first-order valence-electron chi connectivity index (χ1n) is 6.82. The van der Waals surface area contributed by atoms with Crippen molar-refractivity contribution in [3.05, 3.63) is 23.8 Å². The lowest BCUT2D eigenvalue weighted by atomic mass is 10.1. The van der Waals surface area contributed by atoms with E-state index in [1.165, 1.54) is 0 Å². The molecule has 0 aliphatic carbocycles. The highest BCUT2D eigenvalue weighted by Gasteiger charge is 2.08. The predicted octanol–water partition coefficient (Wildman–Crippen LogP) is 2.39. The summed E-state index contributed by atoms with van der Waals surface area (Å²) < 4.78 is 16.6. The van der Waals surface area contributed by atoms with Crippen LogP contribution in [0.2, 0.25) is 0 Å². The highest BCUT2D eigenvalue weighted by atomic mass is 16.5. The molecule has 1 aromatic carbocycles. The lowest BCUT2D eigenvalue weighted by Crippen LogP contribution is -2.17. The summed E-state index contributed by atoms with van der Waals surface area (Å²) in [6.45, 7) is 5.89. The summed E-state index contributed by atoms with van der Waals surface area (Å²) in [7, 11) is 1.68. The highest BCUT2D eigenvalue weighted by Crippen LogP contribution is 2.25. The Morgan fingerprint density at radius 3 is 2.68 bits per heavy atom. The van der Waals surface area contributed by atoms with Crippen LogP contribution < -0.4 is 15.2 Å². The van der Waals surface area contributed by atoms with E-state index in [-0.39, 0.29) is 6.10 Å². The van der Waals surface area contributed by atoms with Crippen LogP contribution in [-0.4, -0.2) is 33.0 Å². The third kappa shape index (κ3) is 5.49. The zero-order valence-corrected chi connectivity index (χ0v) is 12.1. The fourth-order valence-electron chi connectivity index (χ4n) is 1.62. The Bertz CT molecular complexity index is 368. The second-order valence-corrected chi connectivity index (χ2v) is 4.51. The smallest absolute Gasteiger partial charge is 0.126 e. The molecule has 0 saturated carbocycles. The topological polar surface area (TPSA) is 53.7 Å². The number of hydrogen-bond donors (Lipinski definition) is 1. The molecular formula is C15H25NO3. The fraction of sp³-hybridized carbons (Fsp3) is 0.600. The SMILES string of the molecule is CCCOc1ccc(CCN)c(OCC(C)OC)c1. The third-order valence-electron chi connectivity index (χ3n) is 2.80. The van der Waals surface area contributed by atoms with Gasteiger partial charge in [0.05, 0.1) is 12.7 Å². The summed E-state index contributed by atoms with van der Waals surface area (Å²) in [5.41, 5.74) is 6.72. The molecule has 2 N–H and O–H groups in total. The molecule has 1 atom stereocenters. The minimum atomic E-state index is 0.0611. The van der Waals surface area contributed by atoms with Gasteiger partial charge in [-0.05, 0) is 37.9 Å². The van der Waals surface area contributed by atoms with Gasteiger partial charge in [0.1, 0.15) is 18.1 Å². The number of ether oxygens (including phenoxy) is 3. The summed E-state index contributed by atoms with van der Waals surface area (Å²) in [4.78, 5) is 0. The number of nitrogens with two attached hydrogens (primary N) is 1. The van der Waals surface area contributed by atoms with E-state index in [1.54, 1.807) is 7.11 Å². The molecule has 0 aliphatic rings. The van der Waals surface area contributed by atoms with Crippen LogP contribution in [0.15, 0.2) is 18.2 Å². The summed E-state index contributed by atoms with van der Waals surface area (Å²) >= 11 is 0. The molecule has 0 spiro atoms. The van der Waals surface area contributed by atoms with Gasteiger partial charge >= 0.3 is 0 Å². The molecule has 0 heterocycles. The number of methoxy groups -OCH3 is 1. The monoisotopic (exact) mass is 267 g/mol. The van der Waals surface area contributed by atoms with Gasteiger partial charge in [0, 0.05) is 13.2 Å². The lowest BCUT2D eigenvalue weighted by Gasteiger charge is -2.16. The Balaban J connectivity index is 2.75. The van der Waals surface area contributed by atoms with Crippen LogP contribution in [0.3, 0.4) is 0 Å². The molecule has 1 aromatic rings. The molecule has 0 aromatic heterocycles. The van der Waals surface area contributed by atoms with E-state index < -0.39 is 0 Å². The van der Waals surface area contributed by atoms with Crippen molar-refractivity contribution in [3.63, 3.8) is 0 Å². The van der Waals surface area contributed by atoms with Crippen LogP contribution in [0.5, 0.6) is 11.5 Å². The van der Waals surface area contributed by atoms with E-state index in [2.05, 4.69) is 6.92 Å². The maximum Gasteiger partial charge on any atom is 0.126 e.